The maximum atomic E-state index is 14.2. The molecule has 2 N–H and O–H groups in total. The van der Waals surface area contributed by atoms with Crippen molar-refractivity contribution < 1.29 is 18.1 Å². The van der Waals surface area contributed by atoms with Gasteiger partial charge in [0.1, 0.15) is 29.9 Å². The van der Waals surface area contributed by atoms with Gasteiger partial charge in [0.05, 0.1) is 11.8 Å². The fourth-order valence-corrected chi connectivity index (χ4v) is 3.73. The van der Waals surface area contributed by atoms with E-state index in [2.05, 4.69) is 10.1 Å². The van der Waals surface area contributed by atoms with E-state index < -0.39 is 32.2 Å². The second-order valence-corrected chi connectivity index (χ2v) is 8.04. The van der Waals surface area contributed by atoms with Crippen LogP contribution in [-0.2, 0) is 21.9 Å². The number of nitrogens with one attached hydrogen (secondary N) is 1. The molecule has 3 atom stereocenters. The average molecular weight is 344 g/mol. The molecule has 0 aliphatic carbocycles. The fourth-order valence-electron chi connectivity index (χ4n) is 2.40. The van der Waals surface area contributed by atoms with Gasteiger partial charge in [0.2, 0.25) is 0 Å². The van der Waals surface area contributed by atoms with Crippen molar-refractivity contribution in [3.8, 4) is 0 Å². The summed E-state index contributed by atoms with van der Waals surface area (Å²) >= 11 is 0. The van der Waals surface area contributed by atoms with Gasteiger partial charge in [0, 0.05) is 27.1 Å². The van der Waals surface area contributed by atoms with Crippen LogP contribution in [0.4, 0.5) is 8.78 Å². The zero-order valence-electron chi connectivity index (χ0n) is 12.7. The first-order valence-corrected chi connectivity index (χ1v) is 8.75. The molecule has 0 aliphatic heterocycles. The van der Waals surface area contributed by atoms with Crippen LogP contribution in [0.2, 0.25) is 0 Å². The normalized spacial score (nSPS) is 18.1. The quantitative estimate of drug-likeness (QED) is 0.837. The highest BCUT2D eigenvalue weighted by Gasteiger charge is 2.43. The van der Waals surface area contributed by atoms with Crippen LogP contribution in [0.1, 0.15) is 19.4 Å². The Kier molecular flexibility index (Phi) is 4.81. The molecule has 1 aromatic carbocycles. The zero-order chi connectivity index (χ0) is 17.3. The van der Waals surface area contributed by atoms with E-state index in [1.807, 2.05) is 0 Å². The van der Waals surface area contributed by atoms with Gasteiger partial charge >= 0.3 is 0 Å². The van der Waals surface area contributed by atoms with Crippen LogP contribution >= 0.6 is 0 Å². The molecule has 0 radical (unpaired) electrons. The molecule has 6 nitrogen and oxygen atoms in total. The van der Waals surface area contributed by atoms with Crippen LogP contribution in [0, 0.1) is 16.4 Å². The lowest BCUT2D eigenvalue weighted by Crippen LogP contribution is -2.46. The van der Waals surface area contributed by atoms with Crippen molar-refractivity contribution in [1.82, 2.24) is 14.8 Å². The SMILES string of the molecule is CC[S@@](=N)(=O)[C@H](C)[C@](O)(Cn1cncn1)c1ccc(F)cc1F. The van der Waals surface area contributed by atoms with Gasteiger partial charge in [0.25, 0.3) is 0 Å². The summed E-state index contributed by atoms with van der Waals surface area (Å²) in [6.45, 7) is 2.72. The van der Waals surface area contributed by atoms with E-state index in [9.17, 15) is 18.1 Å². The highest BCUT2D eigenvalue weighted by molar-refractivity contribution is 7.93. The van der Waals surface area contributed by atoms with Gasteiger partial charge in [-0.2, -0.15) is 5.10 Å². The smallest absolute Gasteiger partial charge is 0.137 e. The number of hydrogen-bond donors (Lipinski definition) is 2. The lowest BCUT2D eigenvalue weighted by molar-refractivity contribution is 0.0117. The number of nitrogens with zero attached hydrogens (tertiary/aromatic N) is 3. The minimum atomic E-state index is -3.21. The van der Waals surface area contributed by atoms with E-state index in [0.717, 1.165) is 12.1 Å². The number of rotatable bonds is 6. The summed E-state index contributed by atoms with van der Waals surface area (Å²) in [5.74, 6) is -1.76. The third-order valence-corrected chi connectivity index (χ3v) is 6.33. The van der Waals surface area contributed by atoms with Crippen molar-refractivity contribution in [2.75, 3.05) is 5.75 Å². The molecule has 23 heavy (non-hydrogen) atoms. The van der Waals surface area contributed by atoms with Crippen LogP contribution in [-0.4, -0.2) is 35.1 Å². The van der Waals surface area contributed by atoms with Gasteiger partial charge in [-0.15, -0.1) is 0 Å². The van der Waals surface area contributed by atoms with Crippen LogP contribution in [0.3, 0.4) is 0 Å². The highest BCUT2D eigenvalue weighted by Crippen LogP contribution is 2.33. The molecule has 0 unspecified atom stereocenters. The predicted molar refractivity (Wildman–Crippen MR) is 81.1 cm³/mol. The molecule has 0 bridgehead atoms. The number of benzene rings is 1. The first kappa shape index (κ1) is 17.5. The minimum absolute atomic E-state index is 0.00333. The molecule has 0 saturated carbocycles. The van der Waals surface area contributed by atoms with Crippen molar-refractivity contribution >= 4 is 9.73 Å². The van der Waals surface area contributed by atoms with Crippen molar-refractivity contribution in [1.29, 1.82) is 4.78 Å². The van der Waals surface area contributed by atoms with Crippen LogP contribution in [0.25, 0.3) is 0 Å². The Morgan fingerprint density at radius 2 is 2.17 bits per heavy atom. The van der Waals surface area contributed by atoms with Crippen molar-refractivity contribution in [3.05, 3.63) is 48.1 Å². The number of aromatic nitrogens is 3. The Hall–Kier alpha value is -1.87. The summed E-state index contributed by atoms with van der Waals surface area (Å²) in [6.07, 6.45) is 2.56. The summed E-state index contributed by atoms with van der Waals surface area (Å²) < 4.78 is 49.1. The Morgan fingerprint density at radius 1 is 1.48 bits per heavy atom. The molecule has 0 amide bonds. The number of hydrogen-bond acceptors (Lipinski definition) is 5. The second-order valence-electron chi connectivity index (χ2n) is 5.30. The summed E-state index contributed by atoms with van der Waals surface area (Å²) in [4.78, 5) is 3.75. The molecule has 0 spiro atoms. The molecule has 2 aromatic rings. The van der Waals surface area contributed by atoms with Crippen LogP contribution < -0.4 is 0 Å². The largest absolute Gasteiger partial charge is 0.382 e. The Balaban J connectivity index is 2.59. The van der Waals surface area contributed by atoms with E-state index in [1.54, 1.807) is 6.92 Å². The molecule has 0 saturated heterocycles. The van der Waals surface area contributed by atoms with E-state index in [-0.39, 0.29) is 17.9 Å². The maximum Gasteiger partial charge on any atom is 0.137 e. The van der Waals surface area contributed by atoms with Gasteiger partial charge in [-0.05, 0) is 13.0 Å². The molecular weight excluding hydrogens is 326 g/mol. The predicted octanol–water partition coefficient (Wildman–Crippen LogP) is 1.90. The molecule has 0 aliphatic rings. The zero-order valence-corrected chi connectivity index (χ0v) is 13.6. The molecular formula is C14H18F2N4O2S. The van der Waals surface area contributed by atoms with Gasteiger partial charge in [0.15, 0.2) is 0 Å². The fraction of sp³-hybridized carbons (Fsp3) is 0.429. The highest BCUT2D eigenvalue weighted by atomic mass is 32.2. The van der Waals surface area contributed by atoms with Gasteiger partial charge in [-0.25, -0.2) is 22.7 Å². The molecule has 1 aromatic heterocycles. The second kappa shape index (κ2) is 6.32. The average Bonchev–Trinajstić information content (AvgIpc) is 2.98. The van der Waals surface area contributed by atoms with Gasteiger partial charge in [-0.3, -0.25) is 4.78 Å². The van der Waals surface area contributed by atoms with E-state index in [1.165, 1.54) is 24.3 Å². The molecule has 9 heteroatoms. The van der Waals surface area contributed by atoms with E-state index >= 15 is 0 Å². The lowest BCUT2D eigenvalue weighted by Gasteiger charge is -2.35. The Labute approximate surface area is 133 Å². The summed E-state index contributed by atoms with van der Waals surface area (Å²) in [7, 11) is -3.21. The van der Waals surface area contributed by atoms with E-state index in [4.69, 9.17) is 4.78 Å². The van der Waals surface area contributed by atoms with Crippen molar-refractivity contribution in [3.63, 3.8) is 0 Å². The third-order valence-electron chi connectivity index (χ3n) is 3.94. The van der Waals surface area contributed by atoms with E-state index in [0.29, 0.717) is 6.07 Å². The molecule has 2 rings (SSSR count). The monoisotopic (exact) mass is 344 g/mol. The number of halogens is 2. The van der Waals surface area contributed by atoms with Gasteiger partial charge < -0.3 is 5.11 Å². The first-order valence-electron chi connectivity index (χ1n) is 6.96. The van der Waals surface area contributed by atoms with Gasteiger partial charge in [-0.1, -0.05) is 13.0 Å². The van der Waals surface area contributed by atoms with Crippen molar-refractivity contribution in [2.45, 2.75) is 31.2 Å². The maximum absolute atomic E-state index is 14.2. The minimum Gasteiger partial charge on any atom is -0.382 e. The topological polar surface area (TPSA) is 91.9 Å². The van der Waals surface area contributed by atoms with Crippen LogP contribution in [0.5, 0.6) is 0 Å². The Bertz CT molecular complexity index is 780. The summed E-state index contributed by atoms with van der Waals surface area (Å²) in [5.41, 5.74) is -2.23. The Morgan fingerprint density at radius 3 is 2.70 bits per heavy atom. The van der Waals surface area contributed by atoms with Crippen LogP contribution in [0.15, 0.2) is 30.9 Å². The molecule has 1 heterocycles. The van der Waals surface area contributed by atoms with Crippen molar-refractivity contribution in [2.24, 2.45) is 0 Å². The summed E-state index contributed by atoms with van der Waals surface area (Å²) in [5, 5.41) is 13.9. The molecule has 0 fully saturated rings. The third kappa shape index (κ3) is 3.40. The standard InChI is InChI=1S/C14H18F2N4O2S/c1-3-23(17,22)10(2)14(21,7-20-9-18-8-19-20)12-5-4-11(15)6-13(12)16/h4-6,8-10,17,21H,3,7H2,1-2H3/t10-,14-,23-/m1/s1. The first-order chi connectivity index (χ1) is 10.7. The summed E-state index contributed by atoms with van der Waals surface area (Å²) in [6, 6.07) is 2.75. The molecule has 126 valence electrons. The lowest BCUT2D eigenvalue weighted by atomic mass is 9.90. The number of aliphatic hydroxyl groups is 1.